The molecule has 0 spiro atoms. The summed E-state index contributed by atoms with van der Waals surface area (Å²) >= 11 is 35.3. The third-order valence-electron chi connectivity index (χ3n) is 2.46. The number of alkyl halides is 6. The predicted octanol–water partition coefficient (Wildman–Crippen LogP) is 4.11. The van der Waals surface area contributed by atoms with E-state index in [4.69, 9.17) is 84.0 Å². The molecule has 0 bridgehead atoms. The summed E-state index contributed by atoms with van der Waals surface area (Å²) in [4.78, 5) is 17.7. The van der Waals surface area contributed by atoms with Gasteiger partial charge in [0.1, 0.15) is 0 Å². The molecule has 1 fully saturated rings. The molecular weight excluding hydrogens is 459 g/mol. The Bertz CT molecular complexity index is 426. The Hall–Kier alpha value is 1.03. The van der Waals surface area contributed by atoms with Crippen LogP contribution in [0.5, 0.6) is 0 Å². The highest BCUT2D eigenvalue weighted by molar-refractivity contribution is 7.45. The minimum Gasteiger partial charge on any atom is -0.341 e. The van der Waals surface area contributed by atoms with Crippen LogP contribution >= 0.6 is 77.5 Å². The van der Waals surface area contributed by atoms with Gasteiger partial charge in [0.15, 0.2) is 0 Å². The van der Waals surface area contributed by atoms with E-state index >= 15 is 0 Å². The van der Waals surface area contributed by atoms with Crippen molar-refractivity contribution in [1.29, 1.82) is 0 Å². The summed E-state index contributed by atoms with van der Waals surface area (Å²) in [5.74, 6) is 0. The molecule has 0 aromatic carbocycles. The van der Waals surface area contributed by atoms with Gasteiger partial charge in [-0.3, -0.25) is 9.79 Å². The molecule has 1 aromatic rings. The van der Waals surface area contributed by atoms with Gasteiger partial charge in [-0.25, -0.2) is 9.55 Å². The second kappa shape index (κ2) is 10.9. The summed E-state index contributed by atoms with van der Waals surface area (Å²) in [7, 11) is -3.20. The van der Waals surface area contributed by atoms with Crippen molar-refractivity contribution in [2.24, 2.45) is 7.05 Å². The van der Waals surface area contributed by atoms with Crippen molar-refractivity contribution in [2.45, 2.75) is 32.3 Å². The Kier molecular flexibility index (Phi) is 11.4. The van der Waals surface area contributed by atoms with Gasteiger partial charge in [0.25, 0.3) is 0 Å². The average molecular weight is 473 g/mol. The van der Waals surface area contributed by atoms with Crippen molar-refractivity contribution in [3.63, 3.8) is 0 Å². The molecule has 0 aliphatic heterocycles. The van der Waals surface area contributed by atoms with Crippen molar-refractivity contribution in [2.75, 3.05) is 0 Å². The highest BCUT2D eigenvalue weighted by Crippen LogP contribution is 2.39. The third kappa shape index (κ3) is 9.93. The van der Waals surface area contributed by atoms with E-state index in [0.29, 0.717) is 0 Å². The lowest BCUT2D eigenvalue weighted by Crippen LogP contribution is -2.52. The Morgan fingerprint density at radius 2 is 1.22 bits per heavy atom. The molecule has 2 N–H and O–H groups in total. The number of nitrogens with zero attached hydrogens (tertiary/aromatic N) is 2. The van der Waals surface area contributed by atoms with Gasteiger partial charge < -0.3 is 4.57 Å². The Morgan fingerprint density at radius 1 is 0.957 bits per heavy atom. The molecule has 5 nitrogen and oxygen atoms in total. The summed E-state index contributed by atoms with van der Waals surface area (Å²) in [5.41, 5.74) is 0. The molecule has 0 saturated heterocycles. The first-order valence-electron chi connectivity index (χ1n) is 5.87. The fourth-order valence-electron chi connectivity index (χ4n) is 1.38. The lowest BCUT2D eigenvalue weighted by molar-refractivity contribution is 0.322. The smallest absolute Gasteiger partial charge is 0.341 e. The molecule has 1 saturated carbocycles. The zero-order valence-electron chi connectivity index (χ0n) is 11.5. The molecule has 1 aromatic heterocycles. The SMILES string of the molecule is ClC1C(Cl)C(Cl)C(Cl)C(Cl)C1Cl.Cn1ccnc1.O=P(O)(O)F. The van der Waals surface area contributed by atoms with Crippen LogP contribution in [0, 0.1) is 0 Å². The molecule has 136 valence electrons. The number of rotatable bonds is 0. The number of hydrogen-bond donors (Lipinski definition) is 2. The Labute approximate surface area is 163 Å². The van der Waals surface area contributed by atoms with Crippen LogP contribution in [0.2, 0.25) is 0 Å². The summed E-state index contributed by atoms with van der Waals surface area (Å²) < 4.78 is 20.9. The van der Waals surface area contributed by atoms with Crippen LogP contribution in [-0.4, -0.2) is 51.6 Å². The molecule has 13 heteroatoms. The highest BCUT2D eigenvalue weighted by atomic mass is 35.5. The van der Waals surface area contributed by atoms with Gasteiger partial charge >= 0.3 is 7.91 Å². The molecule has 0 radical (unpaired) electrons. The van der Waals surface area contributed by atoms with E-state index in [1.165, 1.54) is 0 Å². The van der Waals surface area contributed by atoms with Crippen molar-refractivity contribution in [3.05, 3.63) is 18.7 Å². The topological polar surface area (TPSA) is 75.4 Å². The molecule has 0 unspecified atom stereocenters. The summed E-state index contributed by atoms with van der Waals surface area (Å²) in [6.07, 6.45) is 5.39. The average Bonchev–Trinajstić information content (AvgIpc) is 2.91. The minimum absolute atomic E-state index is 0.437. The van der Waals surface area contributed by atoms with Gasteiger partial charge in [0, 0.05) is 19.4 Å². The van der Waals surface area contributed by atoms with Crippen LogP contribution in [0.3, 0.4) is 0 Å². The van der Waals surface area contributed by atoms with E-state index in [9.17, 15) is 4.20 Å². The largest absolute Gasteiger partial charge is 0.507 e. The molecule has 23 heavy (non-hydrogen) atoms. The van der Waals surface area contributed by atoms with Crippen LogP contribution in [0.4, 0.5) is 4.20 Å². The second-order valence-electron chi connectivity index (χ2n) is 4.37. The zero-order chi connectivity index (χ0) is 18.4. The van der Waals surface area contributed by atoms with Crippen LogP contribution in [0.15, 0.2) is 18.7 Å². The van der Waals surface area contributed by atoms with E-state index in [2.05, 4.69) is 4.98 Å². The van der Waals surface area contributed by atoms with Gasteiger partial charge in [-0.1, -0.05) is 0 Å². The molecule has 0 amide bonds. The van der Waals surface area contributed by atoms with Gasteiger partial charge in [-0.15, -0.1) is 73.8 Å². The standard InChI is InChI=1S/C6H6Cl6.C4H6N2.FH2O3P/c7-1-2(8)4(10)6(12)5(11)3(1)9;1-6-3-2-5-4-6;1-5(2,3)4/h1-6H;2-4H,1H3;(H2,2,3,4). The fraction of sp³-hybridized carbons (Fsp3) is 0.700. The Morgan fingerprint density at radius 3 is 1.30 bits per heavy atom. The summed E-state index contributed by atoms with van der Waals surface area (Å²) in [6.45, 7) is 0. The molecule has 2 rings (SSSR count). The van der Waals surface area contributed by atoms with Gasteiger partial charge in [0.2, 0.25) is 0 Å². The maximum Gasteiger partial charge on any atom is 0.507 e. The lowest BCUT2D eigenvalue weighted by Gasteiger charge is -2.37. The van der Waals surface area contributed by atoms with E-state index < -0.39 is 40.2 Å². The van der Waals surface area contributed by atoms with Crippen LogP contribution in [0.25, 0.3) is 0 Å². The molecule has 1 heterocycles. The molecule has 0 atom stereocenters. The quantitative estimate of drug-likeness (QED) is 0.440. The normalized spacial score (nSPS) is 33.8. The van der Waals surface area contributed by atoms with Crippen LogP contribution in [0.1, 0.15) is 0 Å². The van der Waals surface area contributed by atoms with Gasteiger partial charge in [-0.05, 0) is 0 Å². The van der Waals surface area contributed by atoms with Crippen molar-refractivity contribution >= 4 is 77.5 Å². The maximum absolute atomic E-state index is 10.4. The molecule has 1 aliphatic rings. The predicted molar refractivity (Wildman–Crippen MR) is 94.2 cm³/mol. The second-order valence-corrected chi connectivity index (χ2v) is 8.34. The number of hydrogen-bond acceptors (Lipinski definition) is 2. The van der Waals surface area contributed by atoms with E-state index in [1.807, 2.05) is 17.8 Å². The van der Waals surface area contributed by atoms with Crippen molar-refractivity contribution in [1.82, 2.24) is 9.55 Å². The third-order valence-corrected chi connectivity index (χ3v) is 6.49. The fourth-order valence-corrected chi connectivity index (χ4v) is 3.71. The Balaban J connectivity index is 0.000000367. The number of aromatic nitrogens is 2. The summed E-state index contributed by atoms with van der Waals surface area (Å²) in [5, 5.41) is -2.62. The maximum atomic E-state index is 10.4. The number of aryl methyl sites for hydroxylation is 1. The minimum atomic E-state index is -5.14. The van der Waals surface area contributed by atoms with E-state index in [1.54, 1.807) is 12.5 Å². The van der Waals surface area contributed by atoms with Crippen LogP contribution in [-0.2, 0) is 11.6 Å². The van der Waals surface area contributed by atoms with E-state index in [0.717, 1.165) is 0 Å². The highest BCUT2D eigenvalue weighted by Gasteiger charge is 2.46. The first kappa shape index (κ1) is 24.0. The first-order chi connectivity index (χ1) is 10.4. The van der Waals surface area contributed by atoms with E-state index in [-0.39, 0.29) is 0 Å². The van der Waals surface area contributed by atoms with Crippen molar-refractivity contribution < 1.29 is 18.5 Å². The van der Waals surface area contributed by atoms with Gasteiger partial charge in [-0.2, -0.15) is 0 Å². The van der Waals surface area contributed by atoms with Crippen LogP contribution < -0.4 is 0 Å². The van der Waals surface area contributed by atoms with Crippen molar-refractivity contribution in [3.8, 4) is 0 Å². The zero-order valence-corrected chi connectivity index (χ0v) is 16.9. The molecule has 1 aliphatic carbocycles. The number of halogens is 7. The monoisotopic (exact) mass is 470 g/mol. The van der Waals surface area contributed by atoms with Gasteiger partial charge in [0.05, 0.1) is 38.6 Å². The number of imidazole rings is 1. The summed E-state index contributed by atoms with van der Waals surface area (Å²) in [6, 6.07) is 0. The lowest BCUT2D eigenvalue weighted by atomic mass is 9.97. The molecular formula is C10H14Cl6FN2O3P. The first-order valence-corrected chi connectivity index (χ1v) is 10.00.